The van der Waals surface area contributed by atoms with Gasteiger partial charge >= 0.3 is 0 Å². The quantitative estimate of drug-likeness (QED) is 0.605. The van der Waals surface area contributed by atoms with E-state index in [1.807, 2.05) is 48.8 Å². The summed E-state index contributed by atoms with van der Waals surface area (Å²) in [5.41, 5.74) is 0.742. The van der Waals surface area contributed by atoms with Crippen molar-refractivity contribution in [1.29, 1.82) is 0 Å². The molecule has 0 radical (unpaired) electrons. The van der Waals surface area contributed by atoms with Gasteiger partial charge in [0.05, 0.1) is 10.6 Å². The van der Waals surface area contributed by atoms with Gasteiger partial charge in [-0.25, -0.2) is 4.39 Å². The van der Waals surface area contributed by atoms with Crippen molar-refractivity contribution >= 4 is 28.6 Å². The largest absolute Gasteiger partial charge is 0.338 e. The molecule has 1 aliphatic heterocycles. The first-order valence-corrected chi connectivity index (χ1v) is 11.5. The smallest absolute Gasteiger partial charge is 0.263 e. The van der Waals surface area contributed by atoms with Crippen molar-refractivity contribution in [2.75, 3.05) is 19.6 Å². The van der Waals surface area contributed by atoms with Crippen LogP contribution < -0.4 is 5.32 Å². The molecule has 0 unspecified atom stereocenters. The molecule has 1 saturated heterocycles. The molecule has 0 spiro atoms. The summed E-state index contributed by atoms with van der Waals surface area (Å²) in [4.78, 5) is 21.9. The third-order valence-electron chi connectivity index (χ3n) is 5.25. The minimum atomic E-state index is -1.28. The van der Waals surface area contributed by atoms with Crippen LogP contribution >= 0.6 is 22.7 Å². The molecule has 0 saturated carbocycles. The van der Waals surface area contributed by atoms with E-state index >= 15 is 4.39 Å². The van der Waals surface area contributed by atoms with Crippen LogP contribution in [0.5, 0.6) is 0 Å². The Morgan fingerprint density at radius 3 is 2.72 bits per heavy atom. The monoisotopic (exact) mass is 429 g/mol. The second kappa shape index (κ2) is 8.73. The highest BCUT2D eigenvalue weighted by atomic mass is 32.1. The molecule has 0 aliphatic carbocycles. The number of nitrogens with zero attached hydrogens (tertiary/aromatic N) is 2. The first-order chi connectivity index (χ1) is 14.0. The van der Waals surface area contributed by atoms with Crippen molar-refractivity contribution in [2.45, 2.75) is 32.0 Å². The number of likely N-dealkylation sites (tertiary alicyclic amines) is 1. The second-order valence-corrected chi connectivity index (χ2v) is 9.55. The molecular weight excluding hydrogens is 405 g/mol. The van der Waals surface area contributed by atoms with Gasteiger partial charge in [0.25, 0.3) is 5.91 Å². The van der Waals surface area contributed by atoms with Crippen LogP contribution in [0, 0.1) is 6.92 Å². The summed E-state index contributed by atoms with van der Waals surface area (Å²) in [6.45, 7) is 3.73. The molecule has 1 aliphatic rings. The first kappa shape index (κ1) is 20.2. The first-order valence-electron chi connectivity index (χ1n) is 9.77. The molecular formula is C22H24FN3OS2. The number of rotatable bonds is 6. The highest BCUT2D eigenvalue weighted by Crippen LogP contribution is 2.33. The number of hydrogen-bond donors (Lipinski definition) is 1. The standard InChI is InChI=1S/C22H24FN3OS2/c1-16-4-5-17(25-13-16)14-24-15-22(23)8-10-26(11-9-22)21(27)20-7-6-19(29-20)18-3-2-12-28-18/h2-7,12-13,24H,8-11,14-15H2,1H3. The zero-order valence-electron chi connectivity index (χ0n) is 16.4. The lowest BCUT2D eigenvalue weighted by Gasteiger charge is -2.36. The van der Waals surface area contributed by atoms with Gasteiger partial charge in [0, 0.05) is 55.0 Å². The molecule has 4 heterocycles. The summed E-state index contributed by atoms with van der Waals surface area (Å²) >= 11 is 3.18. The van der Waals surface area contributed by atoms with E-state index in [0.717, 1.165) is 21.0 Å². The van der Waals surface area contributed by atoms with Crippen LogP contribution in [0.4, 0.5) is 4.39 Å². The summed E-state index contributed by atoms with van der Waals surface area (Å²) in [5, 5.41) is 5.22. The minimum Gasteiger partial charge on any atom is -0.338 e. The Morgan fingerprint density at radius 1 is 1.21 bits per heavy atom. The molecule has 1 N–H and O–H groups in total. The van der Waals surface area contributed by atoms with Crippen molar-refractivity contribution < 1.29 is 9.18 Å². The van der Waals surface area contributed by atoms with Gasteiger partial charge in [-0.2, -0.15) is 0 Å². The summed E-state index contributed by atoms with van der Waals surface area (Å²) in [6.07, 6.45) is 2.53. The average Bonchev–Trinajstić information content (AvgIpc) is 3.41. The Bertz CT molecular complexity index is 945. The fourth-order valence-corrected chi connectivity index (χ4v) is 5.27. The number of halogens is 1. The van der Waals surface area contributed by atoms with Gasteiger partial charge in [-0.15, -0.1) is 22.7 Å². The fourth-order valence-electron chi connectivity index (χ4n) is 3.46. The van der Waals surface area contributed by atoms with Gasteiger partial charge in [0.15, 0.2) is 0 Å². The molecule has 3 aromatic rings. The van der Waals surface area contributed by atoms with E-state index in [0.29, 0.717) is 32.5 Å². The van der Waals surface area contributed by atoms with Crippen LogP contribution in [0.25, 0.3) is 9.75 Å². The van der Waals surface area contributed by atoms with Crippen LogP contribution in [0.3, 0.4) is 0 Å². The molecule has 29 heavy (non-hydrogen) atoms. The molecule has 0 bridgehead atoms. The van der Waals surface area contributed by atoms with Crippen molar-refractivity contribution in [3.8, 4) is 9.75 Å². The third kappa shape index (κ3) is 4.91. The maximum atomic E-state index is 15.2. The number of hydrogen-bond acceptors (Lipinski definition) is 5. The number of carbonyl (C=O) groups is 1. The van der Waals surface area contributed by atoms with E-state index < -0.39 is 5.67 Å². The van der Waals surface area contributed by atoms with Gasteiger partial charge in [0.1, 0.15) is 5.67 Å². The Labute approximate surface area is 178 Å². The lowest BCUT2D eigenvalue weighted by molar-refractivity contribution is 0.0438. The molecule has 3 aromatic heterocycles. The van der Waals surface area contributed by atoms with E-state index in [9.17, 15) is 4.79 Å². The van der Waals surface area contributed by atoms with Gasteiger partial charge in [-0.3, -0.25) is 9.78 Å². The van der Waals surface area contributed by atoms with E-state index in [2.05, 4.69) is 16.4 Å². The van der Waals surface area contributed by atoms with Crippen molar-refractivity contribution in [3.05, 3.63) is 64.1 Å². The van der Waals surface area contributed by atoms with Gasteiger partial charge in [-0.05, 0) is 42.1 Å². The highest BCUT2D eigenvalue weighted by Gasteiger charge is 2.36. The van der Waals surface area contributed by atoms with Crippen LogP contribution in [0.2, 0.25) is 0 Å². The molecule has 1 fully saturated rings. The Morgan fingerprint density at radius 2 is 2.03 bits per heavy atom. The van der Waals surface area contributed by atoms with Crippen LogP contribution in [-0.4, -0.2) is 41.1 Å². The summed E-state index contributed by atoms with van der Waals surface area (Å²) in [6, 6.07) is 11.9. The number of nitrogens with one attached hydrogen (secondary N) is 1. The number of alkyl halides is 1. The maximum absolute atomic E-state index is 15.2. The zero-order chi connectivity index (χ0) is 20.3. The van der Waals surface area contributed by atoms with E-state index in [4.69, 9.17) is 0 Å². The van der Waals surface area contributed by atoms with Crippen LogP contribution in [0.15, 0.2) is 48.0 Å². The summed E-state index contributed by atoms with van der Waals surface area (Å²) in [7, 11) is 0. The van der Waals surface area contributed by atoms with E-state index in [-0.39, 0.29) is 12.5 Å². The Kier molecular flexibility index (Phi) is 6.08. The van der Waals surface area contributed by atoms with Crippen molar-refractivity contribution in [2.24, 2.45) is 0 Å². The number of aryl methyl sites for hydroxylation is 1. The van der Waals surface area contributed by atoms with E-state index in [1.165, 1.54) is 16.2 Å². The molecule has 1 amide bonds. The number of piperidine rings is 1. The lowest BCUT2D eigenvalue weighted by atomic mass is 9.93. The van der Waals surface area contributed by atoms with Crippen molar-refractivity contribution in [3.63, 3.8) is 0 Å². The second-order valence-electron chi connectivity index (χ2n) is 7.51. The summed E-state index contributed by atoms with van der Waals surface area (Å²) in [5.74, 6) is 0.0108. The molecule has 0 aromatic carbocycles. The van der Waals surface area contributed by atoms with Gasteiger partial charge < -0.3 is 10.2 Å². The number of thiophene rings is 2. The number of aromatic nitrogens is 1. The molecule has 152 valence electrons. The minimum absolute atomic E-state index is 0.0108. The molecule has 4 rings (SSSR count). The Balaban J connectivity index is 1.28. The predicted octanol–water partition coefficient (Wildman–Crippen LogP) is 4.91. The lowest BCUT2D eigenvalue weighted by Crippen LogP contribution is -2.48. The maximum Gasteiger partial charge on any atom is 0.263 e. The molecule has 0 atom stereocenters. The van der Waals surface area contributed by atoms with Crippen LogP contribution in [-0.2, 0) is 6.54 Å². The molecule has 4 nitrogen and oxygen atoms in total. The van der Waals surface area contributed by atoms with Crippen molar-refractivity contribution in [1.82, 2.24) is 15.2 Å². The molecule has 7 heteroatoms. The topological polar surface area (TPSA) is 45.2 Å². The SMILES string of the molecule is Cc1ccc(CNCC2(F)CCN(C(=O)c3ccc(-c4cccs4)s3)CC2)nc1. The number of amides is 1. The predicted molar refractivity (Wildman–Crippen MR) is 117 cm³/mol. The zero-order valence-corrected chi connectivity index (χ0v) is 18.0. The van der Waals surface area contributed by atoms with Gasteiger partial charge in [-0.1, -0.05) is 12.1 Å². The summed E-state index contributed by atoms with van der Waals surface area (Å²) < 4.78 is 15.2. The number of carbonyl (C=O) groups excluding carboxylic acids is 1. The third-order valence-corrected chi connectivity index (χ3v) is 7.39. The fraction of sp³-hybridized carbons (Fsp3) is 0.364. The number of pyridine rings is 1. The normalized spacial score (nSPS) is 16.1. The van der Waals surface area contributed by atoms with Crippen LogP contribution in [0.1, 0.15) is 33.8 Å². The Hall–Kier alpha value is -2.09. The van der Waals surface area contributed by atoms with Gasteiger partial charge in [0.2, 0.25) is 0 Å². The highest BCUT2D eigenvalue weighted by molar-refractivity contribution is 7.22. The van der Waals surface area contributed by atoms with E-state index in [1.54, 1.807) is 16.2 Å². The average molecular weight is 430 g/mol.